The Kier molecular flexibility index (Phi) is 5.50. The van der Waals surface area contributed by atoms with Gasteiger partial charge in [0.2, 0.25) is 0 Å². The molecule has 156 valence electrons. The summed E-state index contributed by atoms with van der Waals surface area (Å²) >= 11 is 6.18. The topological polar surface area (TPSA) is 112 Å². The van der Waals surface area contributed by atoms with Crippen molar-refractivity contribution in [2.75, 3.05) is 11.9 Å². The molecule has 0 radical (unpaired) electrons. The molecule has 1 amide bonds. The van der Waals surface area contributed by atoms with Gasteiger partial charge >= 0.3 is 0 Å². The molecule has 0 saturated heterocycles. The number of carbonyl (C=O) groups excluding carboxylic acids is 1. The minimum atomic E-state index is -0.479. The van der Waals surface area contributed by atoms with Crippen LogP contribution in [-0.2, 0) is 4.79 Å². The van der Waals surface area contributed by atoms with Crippen molar-refractivity contribution in [2.24, 2.45) is 0 Å². The molecule has 2 aromatic carbocycles. The van der Waals surface area contributed by atoms with Crippen LogP contribution in [0.1, 0.15) is 5.69 Å². The molecule has 9 nitrogen and oxygen atoms in total. The van der Waals surface area contributed by atoms with E-state index in [-0.39, 0.29) is 12.3 Å². The fourth-order valence-electron chi connectivity index (χ4n) is 3.05. The highest BCUT2D eigenvalue weighted by Crippen LogP contribution is 2.29. The second-order valence-corrected chi connectivity index (χ2v) is 7.05. The zero-order chi connectivity index (χ0) is 22.0. The van der Waals surface area contributed by atoms with Crippen molar-refractivity contribution in [3.05, 3.63) is 81.6 Å². The Morgan fingerprint density at radius 1 is 1.23 bits per heavy atom. The number of fused-ring (bicyclic) bond motifs is 1. The van der Waals surface area contributed by atoms with Gasteiger partial charge in [-0.25, -0.2) is 4.68 Å². The van der Waals surface area contributed by atoms with Gasteiger partial charge in [0.05, 0.1) is 21.3 Å². The maximum absolute atomic E-state index is 12.5. The number of amides is 1. The van der Waals surface area contributed by atoms with Crippen molar-refractivity contribution in [3.63, 3.8) is 0 Å². The zero-order valence-electron chi connectivity index (χ0n) is 16.3. The van der Waals surface area contributed by atoms with Crippen LogP contribution in [0.2, 0.25) is 5.02 Å². The van der Waals surface area contributed by atoms with E-state index in [9.17, 15) is 14.9 Å². The Hall–Kier alpha value is -3.98. The number of ether oxygens (including phenoxy) is 1. The molecule has 0 aliphatic rings. The van der Waals surface area contributed by atoms with Gasteiger partial charge in [0.1, 0.15) is 17.1 Å². The number of hydrogen-bond donors (Lipinski definition) is 1. The number of hydrogen-bond acceptors (Lipinski definition) is 6. The fourth-order valence-corrected chi connectivity index (χ4v) is 3.27. The smallest absolute Gasteiger partial charge is 0.269 e. The Labute approximate surface area is 181 Å². The summed E-state index contributed by atoms with van der Waals surface area (Å²) in [5, 5.41) is 19.2. The molecule has 0 atom stereocenters. The van der Waals surface area contributed by atoms with Crippen molar-refractivity contribution in [1.82, 2.24) is 14.8 Å². The van der Waals surface area contributed by atoms with Crippen molar-refractivity contribution >= 4 is 39.9 Å². The lowest BCUT2D eigenvalue weighted by Crippen LogP contribution is -2.22. The maximum atomic E-state index is 12.5. The van der Waals surface area contributed by atoms with E-state index in [0.29, 0.717) is 33.5 Å². The summed E-state index contributed by atoms with van der Waals surface area (Å²) < 4.78 is 7.16. The monoisotopic (exact) mass is 437 g/mol. The van der Waals surface area contributed by atoms with Crippen LogP contribution < -0.4 is 10.1 Å². The first-order valence-corrected chi connectivity index (χ1v) is 9.57. The quantitative estimate of drug-likeness (QED) is 0.355. The second-order valence-electron chi connectivity index (χ2n) is 6.64. The average Bonchev–Trinajstić information content (AvgIpc) is 3.13. The van der Waals surface area contributed by atoms with Gasteiger partial charge in [0.25, 0.3) is 11.6 Å². The third kappa shape index (κ3) is 4.31. The minimum absolute atomic E-state index is 0.0320. The number of aryl methyl sites for hydroxylation is 1. The average molecular weight is 438 g/mol. The Morgan fingerprint density at radius 3 is 2.74 bits per heavy atom. The number of aromatic nitrogens is 3. The summed E-state index contributed by atoms with van der Waals surface area (Å²) in [5.41, 5.74) is 1.77. The Morgan fingerprint density at radius 2 is 2.00 bits per heavy atom. The SMILES string of the molecule is Cc1cc(NC(=O)COc2ccc(Cl)c3cccnc23)n(-c2ccc([N+](=O)[O-])cc2)n1. The van der Waals surface area contributed by atoms with Gasteiger partial charge < -0.3 is 10.1 Å². The fraction of sp³-hybridized carbons (Fsp3) is 0.0952. The van der Waals surface area contributed by atoms with Crippen molar-refractivity contribution < 1.29 is 14.5 Å². The number of non-ortho nitro benzene ring substituents is 1. The summed E-state index contributed by atoms with van der Waals surface area (Å²) in [6.45, 7) is 1.53. The van der Waals surface area contributed by atoms with Gasteiger partial charge in [-0.2, -0.15) is 5.10 Å². The van der Waals surface area contributed by atoms with E-state index in [1.165, 1.54) is 16.8 Å². The molecule has 0 unspecified atom stereocenters. The van der Waals surface area contributed by atoms with E-state index in [1.807, 2.05) is 6.07 Å². The van der Waals surface area contributed by atoms with E-state index in [0.717, 1.165) is 5.39 Å². The number of halogens is 1. The molecule has 4 aromatic rings. The summed E-state index contributed by atoms with van der Waals surface area (Å²) in [5.74, 6) is 0.455. The van der Waals surface area contributed by atoms with E-state index >= 15 is 0 Å². The largest absolute Gasteiger partial charge is 0.481 e. The van der Waals surface area contributed by atoms with Crippen LogP contribution in [0, 0.1) is 17.0 Å². The van der Waals surface area contributed by atoms with Crippen molar-refractivity contribution in [3.8, 4) is 11.4 Å². The van der Waals surface area contributed by atoms with Gasteiger partial charge in [0.15, 0.2) is 6.61 Å². The number of nitro groups is 1. The molecule has 2 aromatic heterocycles. The van der Waals surface area contributed by atoms with Crippen LogP contribution in [0.4, 0.5) is 11.5 Å². The molecule has 0 spiro atoms. The summed E-state index contributed by atoms with van der Waals surface area (Å²) in [7, 11) is 0. The number of rotatable bonds is 6. The molecule has 0 aliphatic carbocycles. The lowest BCUT2D eigenvalue weighted by atomic mass is 10.2. The van der Waals surface area contributed by atoms with Gasteiger partial charge in [-0.15, -0.1) is 0 Å². The number of benzene rings is 2. The minimum Gasteiger partial charge on any atom is -0.481 e. The molecular weight excluding hydrogens is 422 g/mol. The van der Waals surface area contributed by atoms with Crippen molar-refractivity contribution in [2.45, 2.75) is 6.92 Å². The number of pyridine rings is 1. The molecule has 0 bridgehead atoms. The second kappa shape index (κ2) is 8.41. The molecule has 1 N–H and O–H groups in total. The first kappa shape index (κ1) is 20.3. The molecule has 10 heteroatoms. The molecule has 31 heavy (non-hydrogen) atoms. The predicted octanol–water partition coefficient (Wildman–Crippen LogP) is 4.31. The van der Waals surface area contributed by atoms with E-state index in [4.69, 9.17) is 16.3 Å². The molecule has 0 aliphatic heterocycles. The normalized spacial score (nSPS) is 10.8. The van der Waals surface area contributed by atoms with Gasteiger partial charge in [-0.3, -0.25) is 19.9 Å². The van der Waals surface area contributed by atoms with Crippen LogP contribution in [0.25, 0.3) is 16.6 Å². The molecule has 0 fully saturated rings. The first-order valence-electron chi connectivity index (χ1n) is 9.20. The third-order valence-corrected chi connectivity index (χ3v) is 4.77. The van der Waals surface area contributed by atoms with Crippen LogP contribution in [0.15, 0.2) is 60.8 Å². The molecule has 2 heterocycles. The number of nitrogens with zero attached hydrogens (tertiary/aromatic N) is 4. The Balaban J connectivity index is 1.50. The van der Waals surface area contributed by atoms with Crippen LogP contribution in [0.5, 0.6) is 5.75 Å². The highest BCUT2D eigenvalue weighted by Gasteiger charge is 2.14. The zero-order valence-corrected chi connectivity index (χ0v) is 17.0. The standard InChI is InChI=1S/C21H16ClN5O4/c1-13-11-19(26(25-13)14-4-6-15(7-5-14)27(29)30)24-20(28)12-31-18-9-8-17(22)16-3-2-10-23-21(16)18/h2-11H,12H2,1H3,(H,24,28). The molecular formula is C21H16ClN5O4. The maximum Gasteiger partial charge on any atom is 0.269 e. The van der Waals surface area contributed by atoms with Crippen LogP contribution in [0.3, 0.4) is 0 Å². The summed E-state index contributed by atoms with van der Waals surface area (Å²) in [6.07, 6.45) is 1.62. The number of nitro benzene ring substituents is 1. The van der Waals surface area contributed by atoms with Gasteiger partial charge in [0, 0.05) is 29.8 Å². The van der Waals surface area contributed by atoms with Gasteiger partial charge in [-0.05, 0) is 43.3 Å². The summed E-state index contributed by atoms with van der Waals surface area (Å²) in [4.78, 5) is 27.2. The lowest BCUT2D eigenvalue weighted by molar-refractivity contribution is -0.384. The molecule has 4 rings (SSSR count). The van der Waals surface area contributed by atoms with Crippen LogP contribution >= 0.6 is 11.6 Å². The predicted molar refractivity (Wildman–Crippen MR) is 116 cm³/mol. The van der Waals surface area contributed by atoms with E-state index in [1.54, 1.807) is 49.5 Å². The van der Waals surface area contributed by atoms with E-state index in [2.05, 4.69) is 15.4 Å². The van der Waals surface area contributed by atoms with Crippen LogP contribution in [-0.4, -0.2) is 32.2 Å². The highest BCUT2D eigenvalue weighted by molar-refractivity contribution is 6.35. The van der Waals surface area contributed by atoms with Crippen molar-refractivity contribution in [1.29, 1.82) is 0 Å². The number of carbonyl (C=O) groups is 1. The third-order valence-electron chi connectivity index (χ3n) is 4.44. The van der Waals surface area contributed by atoms with Gasteiger partial charge in [-0.1, -0.05) is 11.6 Å². The summed E-state index contributed by atoms with van der Waals surface area (Å²) in [6, 6.07) is 14.5. The Bertz CT molecular complexity index is 1290. The van der Waals surface area contributed by atoms with E-state index < -0.39 is 10.8 Å². The number of nitrogens with one attached hydrogen (secondary N) is 1. The molecule has 0 saturated carbocycles. The lowest BCUT2D eigenvalue weighted by Gasteiger charge is -2.11. The highest BCUT2D eigenvalue weighted by atomic mass is 35.5. The number of anilines is 1. The first-order chi connectivity index (χ1) is 14.9.